The molecule has 0 saturated heterocycles. The van der Waals surface area contributed by atoms with E-state index in [1.165, 1.54) is 11.8 Å². The fourth-order valence-corrected chi connectivity index (χ4v) is 2.17. The summed E-state index contributed by atoms with van der Waals surface area (Å²) >= 11 is 7.28. The van der Waals surface area contributed by atoms with Gasteiger partial charge in [0.15, 0.2) is 0 Å². The Morgan fingerprint density at radius 3 is 2.53 bits per heavy atom. The largest absolute Gasteiger partial charge is 0.395 e. The van der Waals surface area contributed by atoms with E-state index < -0.39 is 0 Å². The second-order valence-corrected chi connectivity index (χ2v) is 5.24. The molecule has 0 radical (unpaired) electrons. The number of rotatable bonds is 5. The molecule has 0 spiro atoms. The summed E-state index contributed by atoms with van der Waals surface area (Å²) in [5.41, 5.74) is 0.569. The van der Waals surface area contributed by atoms with Crippen LogP contribution in [-0.2, 0) is 0 Å². The molecule has 2 atom stereocenters. The van der Waals surface area contributed by atoms with Gasteiger partial charge in [-0.1, -0.05) is 11.6 Å². The predicted molar refractivity (Wildman–Crippen MR) is 72.8 cm³/mol. The second kappa shape index (κ2) is 6.89. The molecule has 3 nitrogen and oxygen atoms in total. The van der Waals surface area contributed by atoms with Crippen LogP contribution in [0, 0.1) is 0 Å². The first-order chi connectivity index (χ1) is 8.08. The van der Waals surface area contributed by atoms with Crippen molar-refractivity contribution in [3.63, 3.8) is 0 Å². The van der Waals surface area contributed by atoms with Crippen LogP contribution in [0.4, 0.5) is 0 Å². The molecule has 0 aromatic heterocycles. The molecule has 0 bridgehead atoms. The quantitative estimate of drug-likeness (QED) is 0.865. The van der Waals surface area contributed by atoms with Crippen LogP contribution in [0.15, 0.2) is 24.3 Å². The zero-order valence-corrected chi connectivity index (χ0v) is 11.4. The van der Waals surface area contributed by atoms with E-state index in [9.17, 15) is 4.79 Å². The first kappa shape index (κ1) is 14.4. The van der Waals surface area contributed by atoms with E-state index in [1.54, 1.807) is 24.3 Å². The van der Waals surface area contributed by atoms with E-state index in [2.05, 4.69) is 5.32 Å². The third kappa shape index (κ3) is 4.22. The molecule has 0 heterocycles. The van der Waals surface area contributed by atoms with Gasteiger partial charge in [0.25, 0.3) is 5.91 Å². The molecule has 0 fully saturated rings. The molecular weight excluding hydrogens is 258 g/mol. The molecule has 1 rings (SSSR count). The Labute approximate surface area is 111 Å². The minimum Gasteiger partial charge on any atom is -0.395 e. The average Bonchev–Trinajstić information content (AvgIpc) is 2.31. The lowest BCUT2D eigenvalue weighted by atomic mass is 10.2. The minimum atomic E-state index is -0.151. The third-order valence-electron chi connectivity index (χ3n) is 2.51. The molecule has 1 aromatic rings. The fourth-order valence-electron chi connectivity index (χ4n) is 1.42. The number of carbonyl (C=O) groups excluding carboxylic acids is 1. The molecule has 17 heavy (non-hydrogen) atoms. The normalized spacial score (nSPS) is 14.1. The molecule has 5 heteroatoms. The third-order valence-corrected chi connectivity index (χ3v) is 3.92. The van der Waals surface area contributed by atoms with Gasteiger partial charge >= 0.3 is 0 Å². The summed E-state index contributed by atoms with van der Waals surface area (Å²) in [6.45, 7) is 1.93. The maximum atomic E-state index is 11.9. The van der Waals surface area contributed by atoms with Gasteiger partial charge in [0.1, 0.15) is 0 Å². The van der Waals surface area contributed by atoms with Crippen molar-refractivity contribution in [2.75, 3.05) is 12.9 Å². The summed E-state index contributed by atoms with van der Waals surface area (Å²) in [5.74, 6) is -0.151. The number of hydrogen-bond acceptors (Lipinski definition) is 3. The molecule has 1 amide bonds. The Kier molecular flexibility index (Phi) is 5.82. The van der Waals surface area contributed by atoms with Crippen molar-refractivity contribution >= 4 is 29.3 Å². The van der Waals surface area contributed by atoms with Crippen LogP contribution < -0.4 is 5.32 Å². The van der Waals surface area contributed by atoms with E-state index in [0.717, 1.165) is 0 Å². The monoisotopic (exact) mass is 273 g/mol. The van der Waals surface area contributed by atoms with Crippen molar-refractivity contribution in [1.82, 2.24) is 5.32 Å². The lowest BCUT2D eigenvalue weighted by Gasteiger charge is -2.21. The SMILES string of the molecule is CSC(CO)C(C)NC(=O)c1ccc(Cl)cc1. The highest BCUT2D eigenvalue weighted by Gasteiger charge is 2.17. The van der Waals surface area contributed by atoms with Crippen LogP contribution in [0.1, 0.15) is 17.3 Å². The molecule has 0 saturated carbocycles. The fraction of sp³-hybridized carbons (Fsp3) is 0.417. The maximum Gasteiger partial charge on any atom is 0.251 e. The Balaban J connectivity index is 2.62. The van der Waals surface area contributed by atoms with Crippen LogP contribution in [-0.4, -0.2) is 35.2 Å². The van der Waals surface area contributed by atoms with Crippen molar-refractivity contribution in [2.24, 2.45) is 0 Å². The molecule has 0 aliphatic carbocycles. The first-order valence-electron chi connectivity index (χ1n) is 5.28. The van der Waals surface area contributed by atoms with Crippen molar-refractivity contribution in [3.8, 4) is 0 Å². The number of thioether (sulfide) groups is 1. The summed E-state index contributed by atoms with van der Waals surface area (Å²) in [5, 5.41) is 12.6. The molecule has 0 aliphatic heterocycles. The van der Waals surface area contributed by atoms with Gasteiger partial charge in [-0.05, 0) is 37.4 Å². The summed E-state index contributed by atoms with van der Waals surface area (Å²) in [6, 6.07) is 6.63. The maximum absolute atomic E-state index is 11.9. The van der Waals surface area contributed by atoms with E-state index >= 15 is 0 Å². The summed E-state index contributed by atoms with van der Waals surface area (Å²) < 4.78 is 0. The number of aliphatic hydroxyl groups excluding tert-OH is 1. The van der Waals surface area contributed by atoms with Crippen LogP contribution in [0.25, 0.3) is 0 Å². The topological polar surface area (TPSA) is 49.3 Å². The highest BCUT2D eigenvalue weighted by molar-refractivity contribution is 7.99. The van der Waals surface area contributed by atoms with Gasteiger partial charge in [0, 0.05) is 21.9 Å². The number of aliphatic hydroxyl groups is 1. The van der Waals surface area contributed by atoms with Crippen molar-refractivity contribution in [2.45, 2.75) is 18.2 Å². The second-order valence-electron chi connectivity index (χ2n) is 3.73. The van der Waals surface area contributed by atoms with Crippen LogP contribution in [0.2, 0.25) is 5.02 Å². The van der Waals surface area contributed by atoms with Gasteiger partial charge in [0.2, 0.25) is 0 Å². The highest BCUT2D eigenvalue weighted by Crippen LogP contribution is 2.12. The van der Waals surface area contributed by atoms with Crippen molar-refractivity contribution in [1.29, 1.82) is 0 Å². The number of benzene rings is 1. The zero-order valence-electron chi connectivity index (χ0n) is 9.81. The lowest BCUT2D eigenvalue weighted by molar-refractivity contribution is 0.0936. The predicted octanol–water partition coefficient (Wildman–Crippen LogP) is 2.18. The Morgan fingerprint density at radius 2 is 2.06 bits per heavy atom. The summed E-state index contributed by atoms with van der Waals surface area (Å²) in [4.78, 5) is 11.9. The molecular formula is C12H16ClNO2S. The van der Waals surface area contributed by atoms with Gasteiger partial charge in [-0.2, -0.15) is 11.8 Å². The molecule has 94 valence electrons. The molecule has 1 aromatic carbocycles. The standard InChI is InChI=1S/C12H16ClNO2S/c1-8(11(7-15)17-2)14-12(16)9-3-5-10(13)6-4-9/h3-6,8,11,15H,7H2,1-2H3,(H,14,16). The number of halogens is 1. The Bertz CT molecular complexity index is 365. The van der Waals surface area contributed by atoms with E-state index in [4.69, 9.17) is 16.7 Å². The van der Waals surface area contributed by atoms with Gasteiger partial charge in [0.05, 0.1) is 6.61 Å². The number of amides is 1. The molecule has 2 unspecified atom stereocenters. The van der Waals surface area contributed by atoms with Gasteiger partial charge < -0.3 is 10.4 Å². The first-order valence-corrected chi connectivity index (χ1v) is 6.95. The Hall–Kier alpha value is -0.710. The van der Waals surface area contributed by atoms with Crippen LogP contribution in [0.5, 0.6) is 0 Å². The number of carbonyl (C=O) groups is 1. The van der Waals surface area contributed by atoms with Gasteiger partial charge in [-0.3, -0.25) is 4.79 Å². The molecule has 2 N–H and O–H groups in total. The van der Waals surface area contributed by atoms with Gasteiger partial charge in [-0.25, -0.2) is 0 Å². The van der Waals surface area contributed by atoms with E-state index in [1.807, 2.05) is 13.2 Å². The number of nitrogens with one attached hydrogen (secondary N) is 1. The summed E-state index contributed by atoms with van der Waals surface area (Å²) in [7, 11) is 0. The van der Waals surface area contributed by atoms with Crippen molar-refractivity contribution in [3.05, 3.63) is 34.9 Å². The highest BCUT2D eigenvalue weighted by atomic mass is 35.5. The minimum absolute atomic E-state index is 0.00579. The average molecular weight is 274 g/mol. The Morgan fingerprint density at radius 1 is 1.47 bits per heavy atom. The van der Waals surface area contributed by atoms with Crippen LogP contribution in [0.3, 0.4) is 0 Å². The lowest BCUT2D eigenvalue weighted by Crippen LogP contribution is -2.41. The van der Waals surface area contributed by atoms with Crippen molar-refractivity contribution < 1.29 is 9.90 Å². The van der Waals surface area contributed by atoms with E-state index in [-0.39, 0.29) is 23.8 Å². The summed E-state index contributed by atoms with van der Waals surface area (Å²) in [6.07, 6.45) is 1.91. The number of hydrogen-bond donors (Lipinski definition) is 2. The van der Waals surface area contributed by atoms with E-state index in [0.29, 0.717) is 10.6 Å². The molecule has 0 aliphatic rings. The smallest absolute Gasteiger partial charge is 0.251 e. The zero-order chi connectivity index (χ0) is 12.8. The van der Waals surface area contributed by atoms with Gasteiger partial charge in [-0.15, -0.1) is 0 Å². The van der Waals surface area contributed by atoms with Crippen LogP contribution >= 0.6 is 23.4 Å².